The van der Waals surface area contributed by atoms with Gasteiger partial charge in [0.15, 0.2) is 5.82 Å². The van der Waals surface area contributed by atoms with Gasteiger partial charge in [-0.25, -0.2) is 19.4 Å². The predicted molar refractivity (Wildman–Crippen MR) is 99.9 cm³/mol. The summed E-state index contributed by atoms with van der Waals surface area (Å²) in [6, 6.07) is 9.57. The van der Waals surface area contributed by atoms with Gasteiger partial charge >= 0.3 is 6.09 Å². The van der Waals surface area contributed by atoms with Crippen LogP contribution in [-0.2, 0) is 11.3 Å². The zero-order chi connectivity index (χ0) is 19.4. The lowest BCUT2D eigenvalue weighted by molar-refractivity contribution is 0.170. The number of nitrogens with one attached hydrogen (secondary N) is 1. The molecule has 0 radical (unpaired) electrons. The number of carbonyl (C=O) groups is 1. The lowest BCUT2D eigenvalue weighted by Crippen LogP contribution is -2.22. The highest BCUT2D eigenvalue weighted by atomic mass is 16.5. The van der Waals surface area contributed by atoms with Crippen LogP contribution in [0.25, 0.3) is 17.1 Å². The molecule has 3 aromatic rings. The van der Waals surface area contributed by atoms with Crippen molar-refractivity contribution < 1.29 is 14.3 Å². The van der Waals surface area contributed by atoms with Crippen LogP contribution in [0.5, 0.6) is 5.88 Å². The summed E-state index contributed by atoms with van der Waals surface area (Å²) in [7, 11) is 2.92. The summed E-state index contributed by atoms with van der Waals surface area (Å²) < 4.78 is 11.4. The molecule has 1 amide bonds. The molecule has 2 aromatic heterocycles. The highest BCUT2D eigenvalue weighted by molar-refractivity contribution is 5.67. The molecule has 0 saturated heterocycles. The van der Waals surface area contributed by atoms with E-state index in [1.165, 1.54) is 7.11 Å². The first-order valence-corrected chi connectivity index (χ1v) is 8.37. The van der Waals surface area contributed by atoms with Crippen molar-refractivity contribution in [2.45, 2.75) is 20.4 Å². The monoisotopic (exact) mass is 367 g/mol. The number of aromatic nitrogens is 4. The molecule has 8 heteroatoms. The van der Waals surface area contributed by atoms with Gasteiger partial charge in [0.1, 0.15) is 6.33 Å². The Hall–Kier alpha value is -3.42. The summed E-state index contributed by atoms with van der Waals surface area (Å²) in [5, 5.41) is 7.25. The number of carbonyl (C=O) groups excluding carboxylic acids is 1. The van der Waals surface area contributed by atoms with Gasteiger partial charge < -0.3 is 14.8 Å². The molecule has 0 aliphatic heterocycles. The van der Waals surface area contributed by atoms with Crippen molar-refractivity contribution in [3.8, 4) is 23.0 Å². The van der Waals surface area contributed by atoms with Crippen molar-refractivity contribution in [2.24, 2.45) is 0 Å². The Morgan fingerprint density at radius 2 is 2.00 bits per heavy atom. The quantitative estimate of drug-likeness (QED) is 0.746. The van der Waals surface area contributed by atoms with Crippen LogP contribution in [0.1, 0.15) is 16.8 Å². The Morgan fingerprint density at radius 1 is 1.19 bits per heavy atom. The SMILES string of the molecule is COC(=O)NCc1cc(-c2ncn(-c3ccc(OC)nc3C)n2)ccc1C. The molecular weight excluding hydrogens is 346 g/mol. The third-order valence-electron chi connectivity index (χ3n) is 4.20. The number of aryl methyl sites for hydroxylation is 2. The van der Waals surface area contributed by atoms with Gasteiger partial charge in [0.25, 0.3) is 0 Å². The molecule has 1 aromatic carbocycles. The number of nitrogens with zero attached hydrogens (tertiary/aromatic N) is 4. The molecule has 0 atom stereocenters. The Labute approximate surface area is 157 Å². The second kappa shape index (κ2) is 7.86. The van der Waals surface area contributed by atoms with Crippen LogP contribution >= 0.6 is 0 Å². The molecule has 0 spiro atoms. The molecule has 3 rings (SSSR count). The number of rotatable bonds is 5. The first-order valence-electron chi connectivity index (χ1n) is 8.37. The largest absolute Gasteiger partial charge is 0.481 e. The number of benzene rings is 1. The normalized spacial score (nSPS) is 10.5. The summed E-state index contributed by atoms with van der Waals surface area (Å²) in [6.07, 6.45) is 1.18. The summed E-state index contributed by atoms with van der Waals surface area (Å²) in [5.74, 6) is 1.14. The van der Waals surface area contributed by atoms with Crippen LogP contribution in [0.15, 0.2) is 36.7 Å². The molecule has 2 heterocycles. The van der Waals surface area contributed by atoms with Crippen LogP contribution in [0.3, 0.4) is 0 Å². The summed E-state index contributed by atoms with van der Waals surface area (Å²) in [5.41, 5.74) is 4.51. The minimum absolute atomic E-state index is 0.370. The summed E-state index contributed by atoms with van der Waals surface area (Å²) in [6.45, 7) is 4.24. The topological polar surface area (TPSA) is 91.2 Å². The van der Waals surface area contributed by atoms with Crippen molar-refractivity contribution >= 4 is 6.09 Å². The van der Waals surface area contributed by atoms with Crippen molar-refractivity contribution in [3.05, 3.63) is 53.5 Å². The molecular formula is C19H21N5O3. The van der Waals surface area contributed by atoms with Gasteiger partial charge in [0.05, 0.1) is 25.6 Å². The third kappa shape index (κ3) is 4.05. The minimum Gasteiger partial charge on any atom is -0.481 e. The third-order valence-corrected chi connectivity index (χ3v) is 4.20. The lowest BCUT2D eigenvalue weighted by atomic mass is 10.0. The highest BCUT2D eigenvalue weighted by Crippen LogP contribution is 2.21. The molecule has 0 saturated carbocycles. The molecule has 0 aliphatic rings. The average molecular weight is 367 g/mol. The second-order valence-corrected chi connectivity index (χ2v) is 5.96. The van der Waals surface area contributed by atoms with E-state index in [0.717, 1.165) is 28.1 Å². The van der Waals surface area contributed by atoms with E-state index in [-0.39, 0.29) is 0 Å². The maximum Gasteiger partial charge on any atom is 0.407 e. The lowest BCUT2D eigenvalue weighted by Gasteiger charge is -2.09. The van der Waals surface area contributed by atoms with Crippen molar-refractivity contribution in [1.82, 2.24) is 25.1 Å². The van der Waals surface area contributed by atoms with Gasteiger partial charge in [0.2, 0.25) is 5.88 Å². The smallest absolute Gasteiger partial charge is 0.407 e. The highest BCUT2D eigenvalue weighted by Gasteiger charge is 2.11. The van der Waals surface area contributed by atoms with Gasteiger partial charge in [0, 0.05) is 18.2 Å². The van der Waals surface area contributed by atoms with E-state index in [9.17, 15) is 4.79 Å². The fraction of sp³-hybridized carbons (Fsp3) is 0.263. The molecule has 0 fully saturated rings. The van der Waals surface area contributed by atoms with E-state index in [1.54, 1.807) is 24.2 Å². The van der Waals surface area contributed by atoms with Crippen molar-refractivity contribution in [1.29, 1.82) is 0 Å². The van der Waals surface area contributed by atoms with Crippen molar-refractivity contribution in [2.75, 3.05) is 14.2 Å². The Balaban J connectivity index is 1.87. The van der Waals surface area contributed by atoms with Gasteiger partial charge in [-0.15, -0.1) is 5.10 Å². The molecule has 0 unspecified atom stereocenters. The van der Waals surface area contributed by atoms with Crippen molar-refractivity contribution in [3.63, 3.8) is 0 Å². The van der Waals surface area contributed by atoms with Gasteiger partial charge in [-0.2, -0.15) is 0 Å². The Kier molecular flexibility index (Phi) is 5.35. The van der Waals surface area contributed by atoms with E-state index >= 15 is 0 Å². The van der Waals surface area contributed by atoms with E-state index in [1.807, 2.05) is 38.1 Å². The molecule has 0 aliphatic carbocycles. The molecule has 27 heavy (non-hydrogen) atoms. The fourth-order valence-electron chi connectivity index (χ4n) is 2.64. The van der Waals surface area contributed by atoms with Crippen LogP contribution < -0.4 is 10.1 Å². The summed E-state index contributed by atoms with van der Waals surface area (Å²) in [4.78, 5) is 20.1. The van der Waals surface area contributed by atoms with E-state index in [4.69, 9.17) is 4.74 Å². The average Bonchev–Trinajstić information content (AvgIpc) is 3.16. The number of hydrogen-bond donors (Lipinski definition) is 1. The number of alkyl carbamates (subject to hydrolysis) is 1. The van der Waals surface area contributed by atoms with Crippen LogP contribution in [0.2, 0.25) is 0 Å². The number of amides is 1. The number of ether oxygens (including phenoxy) is 2. The molecule has 1 N–H and O–H groups in total. The second-order valence-electron chi connectivity index (χ2n) is 5.96. The van der Waals surface area contributed by atoms with Crippen LogP contribution in [-0.4, -0.2) is 40.1 Å². The van der Waals surface area contributed by atoms with Crippen LogP contribution in [0.4, 0.5) is 4.79 Å². The number of pyridine rings is 1. The standard InChI is InChI=1S/C19H21N5O3/c1-12-5-6-14(9-15(12)10-20-19(25)27-4)18-21-11-24(23-18)16-7-8-17(26-3)22-13(16)2/h5-9,11H,10H2,1-4H3,(H,20,25). The van der Waals surface area contributed by atoms with E-state index < -0.39 is 6.09 Å². The molecule has 8 nitrogen and oxygen atoms in total. The first kappa shape index (κ1) is 18.4. The number of methoxy groups -OCH3 is 2. The van der Waals surface area contributed by atoms with Gasteiger partial charge in [-0.05, 0) is 37.1 Å². The van der Waals surface area contributed by atoms with Crippen LogP contribution in [0, 0.1) is 13.8 Å². The maximum absolute atomic E-state index is 11.3. The first-order chi connectivity index (χ1) is 13.0. The van der Waals surface area contributed by atoms with Gasteiger partial charge in [-0.1, -0.05) is 12.1 Å². The number of hydrogen-bond acceptors (Lipinski definition) is 6. The predicted octanol–water partition coefficient (Wildman–Crippen LogP) is 2.81. The molecule has 0 bridgehead atoms. The maximum atomic E-state index is 11.3. The fourth-order valence-corrected chi connectivity index (χ4v) is 2.64. The molecule has 140 valence electrons. The van der Waals surface area contributed by atoms with E-state index in [0.29, 0.717) is 18.2 Å². The Bertz CT molecular complexity index is 968. The van der Waals surface area contributed by atoms with E-state index in [2.05, 4.69) is 25.1 Å². The summed E-state index contributed by atoms with van der Waals surface area (Å²) >= 11 is 0. The zero-order valence-corrected chi connectivity index (χ0v) is 15.7. The minimum atomic E-state index is -0.468. The zero-order valence-electron chi connectivity index (χ0n) is 15.7. The Morgan fingerprint density at radius 3 is 2.70 bits per heavy atom. The van der Waals surface area contributed by atoms with Gasteiger partial charge in [-0.3, -0.25) is 0 Å².